The summed E-state index contributed by atoms with van der Waals surface area (Å²) < 4.78 is 41.6. The predicted octanol–water partition coefficient (Wildman–Crippen LogP) is 3.06. The normalized spacial score (nSPS) is 11.5. The second-order valence-corrected chi connectivity index (χ2v) is 3.42. The fourth-order valence-corrected chi connectivity index (χ4v) is 1.29. The summed E-state index contributed by atoms with van der Waals surface area (Å²) in [4.78, 5) is 13.9. The smallest absolute Gasteiger partial charge is 0.436 e. The maximum absolute atomic E-state index is 12.3. The molecule has 1 N–H and O–H groups in total. The highest BCUT2D eigenvalue weighted by Gasteiger charge is 2.34. The van der Waals surface area contributed by atoms with E-state index in [0.717, 1.165) is 0 Å². The summed E-state index contributed by atoms with van der Waals surface area (Å²) in [5.74, 6) is -1.33. The van der Waals surface area contributed by atoms with Crippen molar-refractivity contribution in [2.75, 3.05) is 0 Å². The first-order valence-corrected chi connectivity index (χ1v) is 4.74. The number of benzene rings is 1. The lowest BCUT2D eigenvalue weighted by Crippen LogP contribution is -2.04. The van der Waals surface area contributed by atoms with Crippen molar-refractivity contribution in [1.29, 1.82) is 0 Å². The molecule has 0 saturated carbocycles. The lowest BCUT2D eigenvalue weighted by atomic mass is 10.1. The van der Waals surface area contributed by atoms with E-state index in [9.17, 15) is 18.0 Å². The van der Waals surface area contributed by atoms with E-state index in [1.165, 1.54) is 24.3 Å². The minimum absolute atomic E-state index is 0.0290. The molecule has 0 aliphatic rings. The summed E-state index contributed by atoms with van der Waals surface area (Å²) >= 11 is 0. The third kappa shape index (κ3) is 2.34. The third-order valence-electron chi connectivity index (χ3n) is 2.17. The molecule has 2 aromatic rings. The molecule has 2 rings (SSSR count). The molecule has 1 aromatic carbocycles. The van der Waals surface area contributed by atoms with Gasteiger partial charge in [-0.3, -0.25) is 0 Å². The van der Waals surface area contributed by atoms with Gasteiger partial charge in [0.25, 0.3) is 0 Å². The molecule has 0 saturated heterocycles. The number of hydrogen-bond acceptors (Lipinski definition) is 3. The highest BCUT2D eigenvalue weighted by molar-refractivity contribution is 5.88. The first-order chi connectivity index (χ1) is 8.38. The SMILES string of the molecule is O=C(O)c1ccc(-c2nc(C(F)(F)F)co2)cc1. The number of nitrogens with zero attached hydrogens (tertiary/aromatic N) is 1. The van der Waals surface area contributed by atoms with Crippen molar-refractivity contribution in [3.63, 3.8) is 0 Å². The fraction of sp³-hybridized carbons (Fsp3) is 0.0909. The molecule has 4 nitrogen and oxygen atoms in total. The van der Waals surface area contributed by atoms with Crippen LogP contribution in [0.15, 0.2) is 34.9 Å². The number of oxazole rings is 1. The summed E-state index contributed by atoms with van der Waals surface area (Å²) in [6, 6.07) is 5.18. The zero-order valence-electron chi connectivity index (χ0n) is 8.73. The Labute approximate surface area is 98.7 Å². The molecule has 94 valence electrons. The molecular formula is C11H6F3NO3. The molecule has 0 fully saturated rings. The summed E-state index contributed by atoms with van der Waals surface area (Å²) in [5.41, 5.74) is -0.823. The number of hydrogen-bond donors (Lipinski definition) is 1. The Morgan fingerprint density at radius 3 is 2.28 bits per heavy atom. The Hall–Kier alpha value is -2.31. The van der Waals surface area contributed by atoms with Crippen LogP contribution >= 0.6 is 0 Å². The van der Waals surface area contributed by atoms with E-state index in [-0.39, 0.29) is 17.0 Å². The van der Waals surface area contributed by atoms with Crippen LogP contribution < -0.4 is 0 Å². The van der Waals surface area contributed by atoms with Crippen LogP contribution in [-0.2, 0) is 6.18 Å². The van der Waals surface area contributed by atoms with Crippen LogP contribution in [0.2, 0.25) is 0 Å². The third-order valence-corrected chi connectivity index (χ3v) is 2.17. The Morgan fingerprint density at radius 1 is 1.22 bits per heavy atom. The van der Waals surface area contributed by atoms with Crippen LogP contribution in [0.25, 0.3) is 11.5 Å². The van der Waals surface area contributed by atoms with Crippen LogP contribution in [0.1, 0.15) is 16.1 Å². The van der Waals surface area contributed by atoms with Gasteiger partial charge in [-0.15, -0.1) is 0 Å². The lowest BCUT2D eigenvalue weighted by molar-refractivity contribution is -0.141. The van der Waals surface area contributed by atoms with Crippen molar-refractivity contribution in [2.24, 2.45) is 0 Å². The minimum Gasteiger partial charge on any atom is -0.478 e. The van der Waals surface area contributed by atoms with Gasteiger partial charge in [0, 0.05) is 5.56 Å². The highest BCUT2D eigenvalue weighted by Crippen LogP contribution is 2.30. The topological polar surface area (TPSA) is 63.3 Å². The van der Waals surface area contributed by atoms with Crippen molar-refractivity contribution in [3.8, 4) is 11.5 Å². The number of aromatic carboxylic acids is 1. The summed E-state index contributed by atoms with van der Waals surface area (Å²) in [6.07, 6.45) is -4.05. The molecule has 18 heavy (non-hydrogen) atoms. The van der Waals surface area contributed by atoms with Crippen molar-refractivity contribution < 1.29 is 27.5 Å². The molecule has 0 unspecified atom stereocenters. The lowest BCUT2D eigenvalue weighted by Gasteiger charge is -1.99. The van der Waals surface area contributed by atoms with E-state index >= 15 is 0 Å². The van der Waals surface area contributed by atoms with E-state index < -0.39 is 17.8 Å². The van der Waals surface area contributed by atoms with Gasteiger partial charge in [-0.05, 0) is 24.3 Å². The van der Waals surface area contributed by atoms with Gasteiger partial charge in [-0.2, -0.15) is 13.2 Å². The van der Waals surface area contributed by atoms with Gasteiger partial charge < -0.3 is 9.52 Å². The summed E-state index contributed by atoms with van der Waals surface area (Å²) in [7, 11) is 0. The Morgan fingerprint density at radius 2 is 1.83 bits per heavy atom. The maximum atomic E-state index is 12.3. The predicted molar refractivity (Wildman–Crippen MR) is 53.9 cm³/mol. The summed E-state index contributed by atoms with van der Waals surface area (Å²) in [5, 5.41) is 8.67. The van der Waals surface area contributed by atoms with Crippen molar-refractivity contribution >= 4 is 5.97 Å². The van der Waals surface area contributed by atoms with Crippen LogP contribution in [0.3, 0.4) is 0 Å². The first kappa shape index (κ1) is 12.2. The van der Waals surface area contributed by atoms with Gasteiger partial charge in [-0.25, -0.2) is 9.78 Å². The number of carbonyl (C=O) groups is 1. The van der Waals surface area contributed by atoms with Crippen LogP contribution in [0.5, 0.6) is 0 Å². The molecule has 0 atom stereocenters. The average Bonchev–Trinajstić information content (AvgIpc) is 2.78. The molecule has 0 radical (unpaired) electrons. The fourth-order valence-electron chi connectivity index (χ4n) is 1.29. The first-order valence-electron chi connectivity index (χ1n) is 4.74. The van der Waals surface area contributed by atoms with Gasteiger partial charge in [-0.1, -0.05) is 0 Å². The van der Waals surface area contributed by atoms with E-state index in [0.29, 0.717) is 6.26 Å². The van der Waals surface area contributed by atoms with E-state index in [1.54, 1.807) is 0 Å². The Balaban J connectivity index is 2.32. The second kappa shape index (κ2) is 4.17. The van der Waals surface area contributed by atoms with Gasteiger partial charge in [0.2, 0.25) is 5.89 Å². The Kier molecular flexibility index (Phi) is 2.82. The zero-order valence-corrected chi connectivity index (χ0v) is 8.73. The highest BCUT2D eigenvalue weighted by atomic mass is 19.4. The molecule has 7 heteroatoms. The summed E-state index contributed by atoms with van der Waals surface area (Å²) in [6.45, 7) is 0. The number of aromatic nitrogens is 1. The van der Waals surface area contributed by atoms with Crippen LogP contribution in [-0.4, -0.2) is 16.1 Å². The second-order valence-electron chi connectivity index (χ2n) is 3.42. The van der Waals surface area contributed by atoms with Gasteiger partial charge >= 0.3 is 12.1 Å². The van der Waals surface area contributed by atoms with E-state index in [4.69, 9.17) is 9.52 Å². The molecule has 0 amide bonds. The molecule has 0 spiro atoms. The number of alkyl halides is 3. The van der Waals surface area contributed by atoms with Crippen molar-refractivity contribution in [3.05, 3.63) is 41.8 Å². The van der Waals surface area contributed by atoms with E-state index in [1.807, 2.05) is 0 Å². The monoisotopic (exact) mass is 257 g/mol. The maximum Gasteiger partial charge on any atom is 0.436 e. The molecular weight excluding hydrogens is 251 g/mol. The quantitative estimate of drug-likeness (QED) is 0.897. The largest absolute Gasteiger partial charge is 0.478 e. The van der Waals surface area contributed by atoms with Gasteiger partial charge in [0.15, 0.2) is 5.69 Å². The number of halogens is 3. The van der Waals surface area contributed by atoms with Gasteiger partial charge in [0.1, 0.15) is 6.26 Å². The van der Waals surface area contributed by atoms with Crippen LogP contribution in [0.4, 0.5) is 13.2 Å². The molecule has 1 heterocycles. The zero-order chi connectivity index (χ0) is 13.3. The van der Waals surface area contributed by atoms with Crippen molar-refractivity contribution in [2.45, 2.75) is 6.18 Å². The molecule has 0 bridgehead atoms. The average molecular weight is 257 g/mol. The number of carboxylic acids is 1. The molecule has 0 aliphatic carbocycles. The van der Waals surface area contributed by atoms with Crippen LogP contribution in [0, 0.1) is 0 Å². The number of rotatable bonds is 2. The molecule has 1 aromatic heterocycles. The number of carboxylic acid groups (broad SMARTS) is 1. The van der Waals surface area contributed by atoms with Crippen molar-refractivity contribution in [1.82, 2.24) is 4.98 Å². The van der Waals surface area contributed by atoms with Gasteiger partial charge in [0.05, 0.1) is 5.56 Å². The molecule has 0 aliphatic heterocycles. The standard InChI is InChI=1S/C11H6F3NO3/c12-11(13,14)8-5-18-9(15-8)6-1-3-7(4-2-6)10(16)17/h1-5H,(H,16,17). The Bertz CT molecular complexity index is 572. The minimum atomic E-state index is -4.57. The van der Waals surface area contributed by atoms with E-state index in [2.05, 4.69) is 4.98 Å².